The fraction of sp³-hybridized carbons (Fsp3) is 0.368. The first-order valence-electron chi connectivity index (χ1n) is 9.04. The Labute approximate surface area is 158 Å². The summed E-state index contributed by atoms with van der Waals surface area (Å²) < 4.78 is 0. The number of piperazine rings is 1. The number of anilines is 3. The second-order valence-electron chi connectivity index (χ2n) is 6.38. The van der Waals surface area contributed by atoms with Gasteiger partial charge in [-0.2, -0.15) is 0 Å². The molecule has 2 amide bonds. The Hall–Kier alpha value is -3.00. The van der Waals surface area contributed by atoms with Gasteiger partial charge in [-0.1, -0.05) is 13.0 Å². The SMILES string of the molecule is CCN1CCN(C(=O)c2ccnc(Nc3cccc(NC(C)=O)c3)n2)CC1. The van der Waals surface area contributed by atoms with E-state index in [1.54, 1.807) is 24.4 Å². The lowest BCUT2D eigenvalue weighted by Gasteiger charge is -2.33. The van der Waals surface area contributed by atoms with Gasteiger partial charge in [-0.05, 0) is 30.8 Å². The van der Waals surface area contributed by atoms with Crippen molar-refractivity contribution in [3.63, 3.8) is 0 Å². The zero-order valence-corrected chi connectivity index (χ0v) is 15.6. The standard InChI is InChI=1S/C19H24N6O2/c1-3-24-9-11-25(12-10-24)18(27)17-7-8-20-19(23-17)22-16-6-4-5-15(13-16)21-14(2)26/h4-8,13H,3,9-12H2,1-2H3,(H,21,26)(H,20,22,23). The predicted molar refractivity (Wildman–Crippen MR) is 104 cm³/mol. The number of nitrogens with one attached hydrogen (secondary N) is 2. The number of rotatable bonds is 5. The van der Waals surface area contributed by atoms with Crippen molar-refractivity contribution in [1.82, 2.24) is 19.8 Å². The maximum atomic E-state index is 12.7. The molecule has 2 heterocycles. The van der Waals surface area contributed by atoms with E-state index in [4.69, 9.17) is 0 Å². The van der Waals surface area contributed by atoms with Crippen LogP contribution in [0.4, 0.5) is 17.3 Å². The molecule has 0 atom stereocenters. The second kappa shape index (κ2) is 8.59. The summed E-state index contributed by atoms with van der Waals surface area (Å²) in [7, 11) is 0. The van der Waals surface area contributed by atoms with Gasteiger partial charge in [0.1, 0.15) is 5.69 Å². The van der Waals surface area contributed by atoms with Crippen molar-refractivity contribution in [2.45, 2.75) is 13.8 Å². The highest BCUT2D eigenvalue weighted by atomic mass is 16.2. The monoisotopic (exact) mass is 368 g/mol. The van der Waals surface area contributed by atoms with Crippen molar-refractivity contribution < 1.29 is 9.59 Å². The number of nitrogens with zero attached hydrogens (tertiary/aromatic N) is 4. The number of hydrogen-bond donors (Lipinski definition) is 2. The molecule has 1 aromatic heterocycles. The lowest BCUT2D eigenvalue weighted by molar-refractivity contribution is -0.114. The molecule has 0 spiro atoms. The minimum absolute atomic E-state index is 0.0804. The van der Waals surface area contributed by atoms with Crippen molar-refractivity contribution in [1.29, 1.82) is 0 Å². The first kappa shape index (κ1) is 18.8. The van der Waals surface area contributed by atoms with E-state index in [-0.39, 0.29) is 11.8 Å². The Bertz CT molecular complexity index is 817. The number of carbonyl (C=O) groups is 2. The van der Waals surface area contributed by atoms with Crippen molar-refractivity contribution in [2.75, 3.05) is 43.4 Å². The zero-order valence-electron chi connectivity index (χ0n) is 15.6. The van der Waals surface area contributed by atoms with Gasteiger partial charge in [0.15, 0.2) is 0 Å². The number of aromatic nitrogens is 2. The van der Waals surface area contributed by atoms with Crippen LogP contribution in [0.1, 0.15) is 24.3 Å². The smallest absolute Gasteiger partial charge is 0.272 e. The molecule has 0 aliphatic carbocycles. The minimum atomic E-state index is -0.140. The Morgan fingerprint density at radius 2 is 1.85 bits per heavy atom. The third-order valence-corrected chi connectivity index (χ3v) is 4.42. The molecule has 1 aliphatic rings. The van der Waals surface area contributed by atoms with Crippen LogP contribution in [0.15, 0.2) is 36.5 Å². The van der Waals surface area contributed by atoms with Gasteiger partial charge in [0.25, 0.3) is 5.91 Å². The molecule has 2 N–H and O–H groups in total. The van der Waals surface area contributed by atoms with Gasteiger partial charge in [0, 0.05) is 50.7 Å². The molecular weight excluding hydrogens is 344 g/mol. The summed E-state index contributed by atoms with van der Waals surface area (Å²) in [6.07, 6.45) is 1.57. The van der Waals surface area contributed by atoms with Crippen molar-refractivity contribution in [3.8, 4) is 0 Å². The predicted octanol–water partition coefficient (Wildman–Crippen LogP) is 1.96. The fourth-order valence-corrected chi connectivity index (χ4v) is 2.97. The molecule has 0 unspecified atom stereocenters. The fourth-order valence-electron chi connectivity index (χ4n) is 2.97. The third-order valence-electron chi connectivity index (χ3n) is 4.42. The van der Waals surface area contributed by atoms with Gasteiger partial charge in [-0.15, -0.1) is 0 Å². The average Bonchev–Trinajstić information content (AvgIpc) is 2.67. The number of amides is 2. The van der Waals surface area contributed by atoms with Crippen LogP contribution in [-0.2, 0) is 4.79 Å². The first-order valence-corrected chi connectivity index (χ1v) is 9.04. The molecular formula is C19H24N6O2. The highest BCUT2D eigenvalue weighted by Gasteiger charge is 2.22. The summed E-state index contributed by atoms with van der Waals surface area (Å²) in [5.74, 6) is 0.121. The molecule has 1 aromatic carbocycles. The lowest BCUT2D eigenvalue weighted by Crippen LogP contribution is -2.48. The van der Waals surface area contributed by atoms with Crippen molar-refractivity contribution in [3.05, 3.63) is 42.2 Å². The van der Waals surface area contributed by atoms with Crippen molar-refractivity contribution in [2.24, 2.45) is 0 Å². The zero-order chi connectivity index (χ0) is 19.2. The Morgan fingerprint density at radius 3 is 2.56 bits per heavy atom. The molecule has 142 valence electrons. The van der Waals surface area contributed by atoms with Gasteiger partial charge in [-0.25, -0.2) is 9.97 Å². The summed E-state index contributed by atoms with van der Waals surface area (Å²) in [5.41, 5.74) is 1.77. The molecule has 0 radical (unpaired) electrons. The largest absolute Gasteiger partial charge is 0.335 e. The van der Waals surface area contributed by atoms with Crippen LogP contribution >= 0.6 is 0 Å². The summed E-state index contributed by atoms with van der Waals surface area (Å²) in [5, 5.41) is 5.81. The normalized spacial score (nSPS) is 14.7. The second-order valence-corrected chi connectivity index (χ2v) is 6.38. The van der Waals surface area contributed by atoms with E-state index in [0.717, 1.165) is 25.3 Å². The Morgan fingerprint density at radius 1 is 1.11 bits per heavy atom. The van der Waals surface area contributed by atoms with Crippen LogP contribution in [0.3, 0.4) is 0 Å². The van der Waals surface area contributed by atoms with Gasteiger partial charge in [0.2, 0.25) is 11.9 Å². The van der Waals surface area contributed by atoms with Crippen molar-refractivity contribution >= 4 is 29.1 Å². The van der Waals surface area contributed by atoms with Gasteiger partial charge in [-0.3, -0.25) is 9.59 Å². The molecule has 1 aliphatic heterocycles. The molecule has 8 heteroatoms. The van der Waals surface area contributed by atoms with E-state index in [1.807, 2.05) is 17.0 Å². The van der Waals surface area contributed by atoms with Crippen LogP contribution in [-0.4, -0.2) is 64.3 Å². The molecule has 2 aromatic rings. The van der Waals surface area contributed by atoms with Crippen LogP contribution in [0, 0.1) is 0 Å². The topological polar surface area (TPSA) is 90.5 Å². The van der Waals surface area contributed by atoms with E-state index in [1.165, 1.54) is 6.92 Å². The molecule has 1 fully saturated rings. The molecule has 27 heavy (non-hydrogen) atoms. The molecule has 3 rings (SSSR count). The molecule has 8 nitrogen and oxygen atoms in total. The van der Waals surface area contributed by atoms with Crippen LogP contribution in [0.25, 0.3) is 0 Å². The summed E-state index contributed by atoms with van der Waals surface area (Å²) >= 11 is 0. The molecule has 0 bridgehead atoms. The average molecular weight is 368 g/mol. The number of carbonyl (C=O) groups excluding carboxylic acids is 2. The maximum Gasteiger partial charge on any atom is 0.272 e. The van der Waals surface area contributed by atoms with Crippen LogP contribution in [0.2, 0.25) is 0 Å². The van der Waals surface area contributed by atoms with Gasteiger partial charge >= 0.3 is 0 Å². The third kappa shape index (κ3) is 5.01. The summed E-state index contributed by atoms with van der Waals surface area (Å²) in [6, 6.07) is 8.86. The van der Waals surface area contributed by atoms with Gasteiger partial charge in [0.05, 0.1) is 0 Å². The highest BCUT2D eigenvalue weighted by Crippen LogP contribution is 2.18. The first-order chi connectivity index (χ1) is 13.0. The molecule has 1 saturated heterocycles. The Balaban J connectivity index is 1.69. The van der Waals surface area contributed by atoms with E-state index < -0.39 is 0 Å². The molecule has 0 saturated carbocycles. The quantitative estimate of drug-likeness (QED) is 0.838. The van der Waals surface area contributed by atoms with Crippen LogP contribution in [0.5, 0.6) is 0 Å². The highest BCUT2D eigenvalue weighted by molar-refractivity contribution is 5.92. The maximum absolute atomic E-state index is 12.7. The number of likely N-dealkylation sites (N-methyl/N-ethyl adjacent to an activating group) is 1. The Kier molecular flexibility index (Phi) is 5.97. The van der Waals surface area contributed by atoms with E-state index >= 15 is 0 Å². The van der Waals surface area contributed by atoms with Gasteiger partial charge < -0.3 is 20.4 Å². The van der Waals surface area contributed by atoms with E-state index in [9.17, 15) is 9.59 Å². The number of hydrogen-bond acceptors (Lipinski definition) is 6. The van der Waals surface area contributed by atoms with E-state index in [2.05, 4.69) is 32.4 Å². The van der Waals surface area contributed by atoms with Crippen LogP contribution < -0.4 is 10.6 Å². The lowest BCUT2D eigenvalue weighted by atomic mass is 10.2. The van der Waals surface area contributed by atoms with E-state index in [0.29, 0.717) is 30.4 Å². The summed E-state index contributed by atoms with van der Waals surface area (Å²) in [6.45, 7) is 7.76. The minimum Gasteiger partial charge on any atom is -0.335 e. The number of benzene rings is 1. The summed E-state index contributed by atoms with van der Waals surface area (Å²) in [4.78, 5) is 36.6.